The van der Waals surface area contributed by atoms with Crippen molar-refractivity contribution in [3.05, 3.63) is 38.5 Å². The van der Waals surface area contributed by atoms with E-state index in [-0.39, 0.29) is 11.3 Å². The Morgan fingerprint density at radius 2 is 2.15 bits per heavy atom. The molecule has 0 bridgehead atoms. The van der Waals surface area contributed by atoms with Crippen LogP contribution < -0.4 is 11.1 Å². The number of nitrogens with zero attached hydrogens (tertiary/aromatic N) is 2. The molecule has 3 N–H and O–H groups in total. The molecule has 1 aliphatic heterocycles. The fourth-order valence-corrected chi connectivity index (χ4v) is 5.27. The number of ketones is 1. The summed E-state index contributed by atoms with van der Waals surface area (Å²) in [5.74, 6) is -0.0118. The highest BCUT2D eigenvalue weighted by Crippen LogP contribution is 2.43. The molecule has 3 aromatic rings. The van der Waals surface area contributed by atoms with Crippen molar-refractivity contribution < 1.29 is 4.79 Å². The summed E-state index contributed by atoms with van der Waals surface area (Å²) in [5, 5.41) is 6.46. The van der Waals surface area contributed by atoms with Crippen LogP contribution in [0.15, 0.2) is 17.5 Å². The van der Waals surface area contributed by atoms with Gasteiger partial charge in [0.15, 0.2) is 0 Å². The smallest absolute Gasteiger partial charge is 0.215 e. The first-order valence-corrected chi connectivity index (χ1v) is 10.7. The van der Waals surface area contributed by atoms with Crippen LogP contribution in [0.1, 0.15) is 46.6 Å². The Morgan fingerprint density at radius 1 is 1.37 bits per heavy atom. The second-order valence-corrected chi connectivity index (χ2v) is 10.1. The first kappa shape index (κ1) is 18.4. The number of pyridine rings is 1. The Hall–Kier alpha value is -1.96. The molecule has 3 aromatic heterocycles. The molecule has 0 amide bonds. The van der Waals surface area contributed by atoms with E-state index in [4.69, 9.17) is 10.7 Å². The van der Waals surface area contributed by atoms with Gasteiger partial charge in [-0.1, -0.05) is 6.07 Å². The van der Waals surface area contributed by atoms with Crippen molar-refractivity contribution in [3.8, 4) is 0 Å². The normalized spacial score (nSPS) is 15.1. The molecule has 0 saturated heterocycles. The first-order chi connectivity index (χ1) is 12.7. The highest BCUT2D eigenvalue weighted by molar-refractivity contribution is 7.22. The minimum Gasteiger partial charge on any atom is -0.397 e. The van der Waals surface area contributed by atoms with Gasteiger partial charge in [-0.15, -0.1) is 22.7 Å². The van der Waals surface area contributed by atoms with Crippen molar-refractivity contribution in [1.82, 2.24) is 9.88 Å². The van der Waals surface area contributed by atoms with Crippen LogP contribution in [0.3, 0.4) is 0 Å². The molecule has 142 valence electrons. The van der Waals surface area contributed by atoms with E-state index < -0.39 is 0 Å². The monoisotopic (exact) mass is 400 g/mol. The van der Waals surface area contributed by atoms with Crippen molar-refractivity contribution in [2.24, 2.45) is 0 Å². The summed E-state index contributed by atoms with van der Waals surface area (Å²) >= 11 is 2.85. The number of thiophene rings is 2. The predicted octanol–water partition coefficient (Wildman–Crippen LogP) is 4.37. The zero-order chi connectivity index (χ0) is 19.3. The van der Waals surface area contributed by atoms with E-state index in [1.165, 1.54) is 28.2 Å². The molecular formula is C20H24N4OS2. The minimum absolute atomic E-state index is 0.0118. The molecule has 4 rings (SSSR count). The molecule has 0 aliphatic carbocycles. The van der Waals surface area contributed by atoms with Crippen LogP contribution in [0.25, 0.3) is 10.2 Å². The number of likely N-dealkylation sites (N-methyl/N-ethyl adjacent to an activating group) is 1. The molecule has 0 unspecified atom stereocenters. The third-order valence-electron chi connectivity index (χ3n) is 4.67. The van der Waals surface area contributed by atoms with Crippen LogP contribution in [-0.2, 0) is 13.0 Å². The summed E-state index contributed by atoms with van der Waals surface area (Å²) in [6.45, 7) is 8.23. The molecule has 1 aliphatic rings. The maximum Gasteiger partial charge on any atom is 0.215 e. The van der Waals surface area contributed by atoms with Crippen LogP contribution in [0.5, 0.6) is 0 Å². The quantitative estimate of drug-likeness (QED) is 0.639. The van der Waals surface area contributed by atoms with E-state index in [1.807, 2.05) is 17.5 Å². The lowest BCUT2D eigenvalue weighted by atomic mass is 9.99. The number of nitrogens with two attached hydrogens (primary N) is 1. The van der Waals surface area contributed by atoms with Crippen LogP contribution in [0.2, 0.25) is 0 Å². The summed E-state index contributed by atoms with van der Waals surface area (Å²) in [6.07, 6.45) is 0.909. The number of carbonyl (C=O) groups is 1. The zero-order valence-electron chi connectivity index (χ0n) is 16.0. The molecule has 0 saturated carbocycles. The van der Waals surface area contributed by atoms with E-state index in [0.29, 0.717) is 15.4 Å². The summed E-state index contributed by atoms with van der Waals surface area (Å²) in [4.78, 5) is 22.3. The molecule has 7 heteroatoms. The van der Waals surface area contributed by atoms with Gasteiger partial charge < -0.3 is 16.0 Å². The highest BCUT2D eigenvalue weighted by atomic mass is 32.1. The first-order valence-electron chi connectivity index (χ1n) is 9.03. The van der Waals surface area contributed by atoms with Gasteiger partial charge in [-0.3, -0.25) is 4.79 Å². The SMILES string of the molecule is CN1CCc2nc3sc(C(=O)c4cccs4)c(N)c3c(NC(C)(C)C)c2C1. The lowest BCUT2D eigenvalue weighted by Crippen LogP contribution is -2.31. The Bertz CT molecular complexity index is 1020. The fraction of sp³-hybridized carbons (Fsp3) is 0.400. The van der Waals surface area contributed by atoms with E-state index in [1.54, 1.807) is 0 Å². The molecular weight excluding hydrogens is 376 g/mol. The summed E-state index contributed by atoms with van der Waals surface area (Å²) in [7, 11) is 2.12. The molecule has 0 fully saturated rings. The molecule has 5 nitrogen and oxygen atoms in total. The van der Waals surface area contributed by atoms with Crippen molar-refractivity contribution >= 4 is 50.0 Å². The average molecular weight is 401 g/mol. The topological polar surface area (TPSA) is 71.2 Å². The van der Waals surface area contributed by atoms with Crippen molar-refractivity contribution in [1.29, 1.82) is 0 Å². The number of rotatable bonds is 3. The second-order valence-electron chi connectivity index (χ2n) is 8.11. The Balaban J connectivity index is 1.95. The number of aromatic nitrogens is 1. The van der Waals surface area contributed by atoms with Gasteiger partial charge in [-0.2, -0.15) is 0 Å². The Kier molecular flexibility index (Phi) is 4.49. The van der Waals surface area contributed by atoms with Gasteiger partial charge in [-0.05, 0) is 39.3 Å². The number of anilines is 2. The van der Waals surface area contributed by atoms with Gasteiger partial charge in [-0.25, -0.2) is 4.98 Å². The third kappa shape index (κ3) is 3.35. The number of hydrogen-bond donors (Lipinski definition) is 2. The van der Waals surface area contributed by atoms with Crippen molar-refractivity contribution in [2.45, 2.75) is 39.3 Å². The van der Waals surface area contributed by atoms with E-state index >= 15 is 0 Å². The van der Waals surface area contributed by atoms with Crippen molar-refractivity contribution in [2.75, 3.05) is 24.6 Å². The number of carbonyl (C=O) groups excluding carboxylic acids is 1. The highest BCUT2D eigenvalue weighted by Gasteiger charge is 2.28. The van der Waals surface area contributed by atoms with Crippen LogP contribution in [-0.4, -0.2) is 34.8 Å². The lowest BCUT2D eigenvalue weighted by Gasteiger charge is -2.30. The molecule has 4 heterocycles. The van der Waals surface area contributed by atoms with Crippen LogP contribution >= 0.6 is 22.7 Å². The number of nitrogen functional groups attached to an aromatic ring is 1. The lowest BCUT2D eigenvalue weighted by molar-refractivity contribution is 0.104. The summed E-state index contributed by atoms with van der Waals surface area (Å²) in [5.41, 5.74) is 10.3. The molecule has 0 spiro atoms. The Labute approximate surface area is 167 Å². The van der Waals surface area contributed by atoms with E-state index in [2.05, 4.69) is 38.0 Å². The largest absolute Gasteiger partial charge is 0.397 e. The molecule has 0 aromatic carbocycles. The number of hydrogen-bond acceptors (Lipinski definition) is 7. The standard InChI is InChI=1S/C20H24N4OS2/c1-20(2,3)23-16-11-10-24(4)8-7-12(11)22-19-14(16)15(21)18(27-19)17(25)13-6-5-9-26-13/h5-6,9H,7-8,10,21H2,1-4H3,(H,22,23). The van der Waals surface area contributed by atoms with E-state index in [9.17, 15) is 4.79 Å². The van der Waals surface area contributed by atoms with Gasteiger partial charge in [0.05, 0.1) is 21.6 Å². The van der Waals surface area contributed by atoms with Crippen LogP contribution in [0.4, 0.5) is 11.4 Å². The van der Waals surface area contributed by atoms with Gasteiger partial charge in [0.2, 0.25) is 5.78 Å². The fourth-order valence-electron chi connectivity index (χ4n) is 3.46. The van der Waals surface area contributed by atoms with Gasteiger partial charge in [0.25, 0.3) is 0 Å². The van der Waals surface area contributed by atoms with Crippen LogP contribution in [0, 0.1) is 0 Å². The maximum atomic E-state index is 13.0. The second kappa shape index (κ2) is 6.58. The van der Waals surface area contributed by atoms with Gasteiger partial charge in [0, 0.05) is 36.3 Å². The van der Waals surface area contributed by atoms with Gasteiger partial charge >= 0.3 is 0 Å². The average Bonchev–Trinajstić information content (AvgIpc) is 3.22. The van der Waals surface area contributed by atoms with Gasteiger partial charge in [0.1, 0.15) is 9.71 Å². The summed E-state index contributed by atoms with van der Waals surface area (Å²) in [6, 6.07) is 3.74. The van der Waals surface area contributed by atoms with Crippen molar-refractivity contribution in [3.63, 3.8) is 0 Å². The number of nitrogens with one attached hydrogen (secondary N) is 1. The zero-order valence-corrected chi connectivity index (χ0v) is 17.7. The minimum atomic E-state index is -0.121. The van der Waals surface area contributed by atoms with E-state index in [0.717, 1.165) is 41.1 Å². The molecule has 0 radical (unpaired) electrons. The molecule has 0 atom stereocenters. The maximum absolute atomic E-state index is 13.0. The summed E-state index contributed by atoms with van der Waals surface area (Å²) < 4.78 is 0. The number of fused-ring (bicyclic) bond motifs is 2. The Morgan fingerprint density at radius 3 is 2.81 bits per heavy atom. The molecule has 27 heavy (non-hydrogen) atoms. The predicted molar refractivity (Wildman–Crippen MR) is 115 cm³/mol. The third-order valence-corrected chi connectivity index (χ3v) is 6.64.